The third-order valence-corrected chi connectivity index (χ3v) is 4.74. The van der Waals surface area contributed by atoms with Crippen molar-refractivity contribution in [2.24, 2.45) is 11.8 Å². The van der Waals surface area contributed by atoms with Crippen molar-refractivity contribution in [1.29, 1.82) is 0 Å². The second-order valence-corrected chi connectivity index (χ2v) is 6.11. The number of carboxylic acid groups (broad SMARTS) is 2. The Hall–Kier alpha value is -1.65. The fraction of sp³-hybridized carbons (Fsp3) is 0.688. The third kappa shape index (κ3) is 3.71. The first-order chi connectivity index (χ1) is 10.0. The van der Waals surface area contributed by atoms with E-state index in [9.17, 15) is 24.6 Å². The summed E-state index contributed by atoms with van der Waals surface area (Å²) in [5.41, 5.74) is -0.224. The lowest BCUT2D eigenvalue weighted by atomic mass is 9.88. The maximum atomic E-state index is 12.2. The molecule has 21 heavy (non-hydrogen) atoms. The Morgan fingerprint density at radius 2 is 1.24 bits per heavy atom. The molecule has 0 aliphatic heterocycles. The van der Waals surface area contributed by atoms with Crippen molar-refractivity contribution in [3.63, 3.8) is 0 Å². The first-order valence-corrected chi connectivity index (χ1v) is 7.73. The van der Waals surface area contributed by atoms with E-state index in [0.29, 0.717) is 12.8 Å². The van der Waals surface area contributed by atoms with Crippen LogP contribution in [-0.2, 0) is 14.4 Å². The van der Waals surface area contributed by atoms with Crippen molar-refractivity contribution in [3.05, 3.63) is 11.1 Å². The van der Waals surface area contributed by atoms with Crippen LogP contribution in [0.15, 0.2) is 11.1 Å². The van der Waals surface area contributed by atoms with Crippen molar-refractivity contribution >= 4 is 17.7 Å². The van der Waals surface area contributed by atoms with Gasteiger partial charge in [-0.3, -0.25) is 4.79 Å². The fourth-order valence-corrected chi connectivity index (χ4v) is 3.62. The van der Waals surface area contributed by atoms with Gasteiger partial charge in [-0.2, -0.15) is 0 Å². The highest BCUT2D eigenvalue weighted by Crippen LogP contribution is 2.35. The van der Waals surface area contributed by atoms with E-state index in [4.69, 9.17) is 0 Å². The molecule has 5 heteroatoms. The number of carbonyl (C=O) groups excluding carboxylic acids is 1. The quantitative estimate of drug-likeness (QED) is 0.735. The summed E-state index contributed by atoms with van der Waals surface area (Å²) in [6, 6.07) is 0. The van der Waals surface area contributed by atoms with Crippen LogP contribution in [0.4, 0.5) is 0 Å². The van der Waals surface area contributed by atoms with Crippen LogP contribution < -0.4 is 0 Å². The number of ketones is 1. The standard InChI is InChI=1S/C16H22O5/c17-13(10-5-1-2-6-10)9-12(15(18)19)14(16(20)21)11-7-3-4-8-11/h10-11H,1-9H2,(H,18,19)(H,20,21)/b14-12+. The van der Waals surface area contributed by atoms with Crippen molar-refractivity contribution in [1.82, 2.24) is 0 Å². The van der Waals surface area contributed by atoms with Gasteiger partial charge in [0.25, 0.3) is 0 Å². The highest BCUT2D eigenvalue weighted by Gasteiger charge is 2.32. The molecular weight excluding hydrogens is 272 g/mol. The molecule has 2 rings (SSSR count). The molecule has 0 aromatic rings. The highest BCUT2D eigenvalue weighted by molar-refractivity contribution is 6.03. The number of Topliss-reactive ketones (excluding diaryl/α,β-unsaturated/α-hetero) is 1. The molecular formula is C16H22O5. The average Bonchev–Trinajstić information content (AvgIpc) is 3.10. The summed E-state index contributed by atoms with van der Waals surface area (Å²) < 4.78 is 0. The number of hydrogen-bond acceptors (Lipinski definition) is 3. The predicted molar refractivity (Wildman–Crippen MR) is 75.8 cm³/mol. The highest BCUT2D eigenvalue weighted by atomic mass is 16.4. The summed E-state index contributed by atoms with van der Waals surface area (Å²) in [5.74, 6) is -2.85. The predicted octanol–water partition coefficient (Wildman–Crippen LogP) is 2.79. The minimum atomic E-state index is -1.26. The largest absolute Gasteiger partial charge is 0.478 e. The minimum Gasteiger partial charge on any atom is -0.478 e. The van der Waals surface area contributed by atoms with Crippen molar-refractivity contribution in [2.75, 3.05) is 0 Å². The number of carboxylic acids is 2. The van der Waals surface area contributed by atoms with Gasteiger partial charge in [-0.05, 0) is 31.6 Å². The Morgan fingerprint density at radius 1 is 0.762 bits per heavy atom. The maximum absolute atomic E-state index is 12.2. The summed E-state index contributed by atoms with van der Waals surface area (Å²) in [4.78, 5) is 35.2. The van der Waals surface area contributed by atoms with Crippen molar-refractivity contribution in [3.8, 4) is 0 Å². The minimum absolute atomic E-state index is 0.0358. The van der Waals surface area contributed by atoms with Crippen LogP contribution in [-0.4, -0.2) is 27.9 Å². The first-order valence-electron chi connectivity index (χ1n) is 7.73. The number of aliphatic carboxylic acids is 2. The maximum Gasteiger partial charge on any atom is 0.332 e. The van der Waals surface area contributed by atoms with Gasteiger partial charge < -0.3 is 10.2 Å². The van der Waals surface area contributed by atoms with Gasteiger partial charge in [-0.25, -0.2) is 9.59 Å². The molecule has 5 nitrogen and oxygen atoms in total. The van der Waals surface area contributed by atoms with Crippen LogP contribution in [0.3, 0.4) is 0 Å². The molecule has 0 aromatic carbocycles. The SMILES string of the molecule is O=C(O)/C(CC(=O)C1CCCC1)=C(/C(=O)O)C1CCCC1. The van der Waals surface area contributed by atoms with Gasteiger partial charge >= 0.3 is 11.9 Å². The van der Waals surface area contributed by atoms with Crippen LogP contribution >= 0.6 is 0 Å². The molecule has 2 aliphatic rings. The Balaban J connectivity index is 2.24. The Labute approximate surface area is 124 Å². The lowest BCUT2D eigenvalue weighted by Gasteiger charge is -2.15. The van der Waals surface area contributed by atoms with Crippen molar-refractivity contribution < 1.29 is 24.6 Å². The number of carbonyl (C=O) groups is 3. The van der Waals surface area contributed by atoms with Crippen LogP contribution in [0, 0.1) is 11.8 Å². The first kappa shape index (κ1) is 15.7. The molecule has 0 saturated heterocycles. The van der Waals surface area contributed by atoms with E-state index >= 15 is 0 Å². The van der Waals surface area contributed by atoms with Crippen LogP contribution in [0.25, 0.3) is 0 Å². The van der Waals surface area contributed by atoms with Gasteiger partial charge in [-0.1, -0.05) is 25.7 Å². The molecule has 2 N–H and O–H groups in total. The zero-order valence-corrected chi connectivity index (χ0v) is 12.1. The molecule has 0 heterocycles. The number of hydrogen-bond donors (Lipinski definition) is 2. The Kier molecular flexibility index (Phi) is 5.15. The van der Waals surface area contributed by atoms with E-state index in [1.807, 2.05) is 0 Å². The monoisotopic (exact) mass is 294 g/mol. The summed E-state index contributed by atoms with van der Waals surface area (Å²) in [6.07, 6.45) is 6.61. The van der Waals surface area contributed by atoms with E-state index in [2.05, 4.69) is 0 Å². The summed E-state index contributed by atoms with van der Waals surface area (Å²) >= 11 is 0. The van der Waals surface area contributed by atoms with Crippen LogP contribution in [0.2, 0.25) is 0 Å². The van der Waals surface area contributed by atoms with Gasteiger partial charge in [0.1, 0.15) is 5.78 Å². The zero-order valence-electron chi connectivity index (χ0n) is 12.1. The molecule has 2 aliphatic carbocycles. The zero-order chi connectivity index (χ0) is 15.4. The van der Waals surface area contributed by atoms with Crippen molar-refractivity contribution in [2.45, 2.75) is 57.8 Å². The van der Waals surface area contributed by atoms with E-state index in [0.717, 1.165) is 38.5 Å². The van der Waals surface area contributed by atoms with E-state index in [1.54, 1.807) is 0 Å². The van der Waals surface area contributed by atoms with Gasteiger partial charge in [0.05, 0.1) is 11.1 Å². The van der Waals surface area contributed by atoms with E-state index in [1.165, 1.54) is 0 Å². The molecule has 116 valence electrons. The van der Waals surface area contributed by atoms with E-state index < -0.39 is 11.9 Å². The van der Waals surface area contributed by atoms with Crippen LogP contribution in [0.5, 0.6) is 0 Å². The lowest BCUT2D eigenvalue weighted by molar-refractivity contribution is -0.137. The molecule has 0 amide bonds. The molecule has 0 unspecified atom stereocenters. The van der Waals surface area contributed by atoms with Gasteiger partial charge in [0, 0.05) is 12.3 Å². The molecule has 0 spiro atoms. The third-order valence-electron chi connectivity index (χ3n) is 4.74. The molecule has 2 fully saturated rings. The van der Waals surface area contributed by atoms with Crippen LogP contribution in [0.1, 0.15) is 57.8 Å². The fourth-order valence-electron chi connectivity index (χ4n) is 3.62. The second-order valence-electron chi connectivity index (χ2n) is 6.11. The number of rotatable bonds is 6. The average molecular weight is 294 g/mol. The molecule has 0 radical (unpaired) electrons. The normalized spacial score (nSPS) is 21.3. The van der Waals surface area contributed by atoms with Gasteiger partial charge in [-0.15, -0.1) is 0 Å². The summed E-state index contributed by atoms with van der Waals surface area (Å²) in [7, 11) is 0. The molecule has 0 atom stereocenters. The van der Waals surface area contributed by atoms with Gasteiger partial charge in [0.15, 0.2) is 0 Å². The Bertz CT molecular complexity index is 465. The lowest BCUT2D eigenvalue weighted by Crippen LogP contribution is -2.21. The van der Waals surface area contributed by atoms with Gasteiger partial charge in [0.2, 0.25) is 0 Å². The smallest absolute Gasteiger partial charge is 0.332 e. The molecule has 2 saturated carbocycles. The second kappa shape index (κ2) is 6.87. The molecule has 0 aromatic heterocycles. The summed E-state index contributed by atoms with van der Waals surface area (Å²) in [5, 5.41) is 18.8. The topological polar surface area (TPSA) is 91.7 Å². The van der Waals surface area contributed by atoms with E-state index in [-0.39, 0.29) is 35.2 Å². The molecule has 0 bridgehead atoms. The summed E-state index contributed by atoms with van der Waals surface area (Å²) in [6.45, 7) is 0. The Morgan fingerprint density at radius 3 is 1.67 bits per heavy atom.